The molecule has 246 valence electrons. The maximum Gasteiger partial charge on any atom is 0.0540 e. The van der Waals surface area contributed by atoms with Crippen LogP contribution >= 0.6 is 0 Å². The highest BCUT2D eigenvalue weighted by Gasteiger charge is 2.36. The quantitative estimate of drug-likeness (QED) is 0.166. The lowest BCUT2D eigenvalue weighted by Gasteiger charge is -2.31. The Balaban J connectivity index is 1.27. The largest absolute Gasteiger partial charge is 0.309 e. The van der Waals surface area contributed by atoms with Crippen molar-refractivity contribution in [3.63, 3.8) is 0 Å². The van der Waals surface area contributed by atoms with Crippen LogP contribution in [0.4, 0.5) is 17.1 Å². The van der Waals surface area contributed by atoms with E-state index in [-0.39, 0.29) is 5.41 Å². The van der Waals surface area contributed by atoms with Crippen LogP contribution in [0.25, 0.3) is 65.7 Å². The Hall–Kier alpha value is -6.44. The molecular weight excluding hydrogens is 627 g/mol. The van der Waals surface area contributed by atoms with Gasteiger partial charge in [0.2, 0.25) is 0 Å². The lowest BCUT2D eigenvalue weighted by molar-refractivity contribution is 0.660. The first-order chi connectivity index (χ1) is 25.6. The van der Waals surface area contributed by atoms with Gasteiger partial charge in [0, 0.05) is 22.2 Å². The highest BCUT2D eigenvalue weighted by atomic mass is 15.1. The van der Waals surface area contributed by atoms with E-state index in [4.69, 9.17) is 0 Å². The molecule has 0 saturated carbocycles. The van der Waals surface area contributed by atoms with Crippen LogP contribution < -0.4 is 4.90 Å². The molecule has 0 bridgehead atoms. The highest BCUT2D eigenvalue weighted by Crippen LogP contribution is 2.52. The maximum absolute atomic E-state index is 2.51. The molecule has 0 aromatic heterocycles. The van der Waals surface area contributed by atoms with E-state index in [0.717, 1.165) is 17.1 Å². The Morgan fingerprint density at radius 1 is 0.327 bits per heavy atom. The average molecular weight is 664 g/mol. The second-order valence-corrected chi connectivity index (χ2v) is 14.5. The summed E-state index contributed by atoms with van der Waals surface area (Å²) in [7, 11) is 0. The zero-order chi connectivity index (χ0) is 34.8. The topological polar surface area (TPSA) is 3.24 Å². The molecule has 9 aromatic carbocycles. The predicted octanol–water partition coefficient (Wildman–Crippen LogP) is 14.3. The number of anilines is 3. The minimum atomic E-state index is -0.128. The molecule has 10 rings (SSSR count). The van der Waals surface area contributed by atoms with Gasteiger partial charge in [-0.2, -0.15) is 0 Å². The summed E-state index contributed by atoms with van der Waals surface area (Å²) in [5.41, 5.74) is 13.5. The van der Waals surface area contributed by atoms with E-state index in [2.05, 4.69) is 207 Å². The molecule has 1 aliphatic rings. The van der Waals surface area contributed by atoms with Crippen LogP contribution in [0, 0.1) is 0 Å². The van der Waals surface area contributed by atoms with Crippen molar-refractivity contribution in [1.82, 2.24) is 0 Å². The monoisotopic (exact) mass is 663 g/mol. The average Bonchev–Trinajstić information content (AvgIpc) is 3.43. The molecule has 0 spiro atoms. The van der Waals surface area contributed by atoms with Crippen LogP contribution in [0.5, 0.6) is 0 Å². The SMILES string of the molecule is CC1(C)c2ccccc2-c2ccc(N(c3ccccc3-c3cccc4ccccc34)c3ccccc3-c3cc4ccccc4c4ccccc34)cc21. The molecule has 0 aliphatic heterocycles. The van der Waals surface area contributed by atoms with Gasteiger partial charge < -0.3 is 4.90 Å². The van der Waals surface area contributed by atoms with Crippen LogP contribution in [0.15, 0.2) is 188 Å². The van der Waals surface area contributed by atoms with Crippen molar-refractivity contribution < 1.29 is 0 Å². The fraction of sp³-hybridized carbons (Fsp3) is 0.0588. The standard InChI is InChI=1S/C51H37N/c1-51(2)47-27-12-9-23-42(47)43-31-30-36(33-48(43)51)52(49-28-13-10-24-44(49)40-26-15-18-34-16-3-5-19-37(34)40)50-29-14-11-25-45(50)46-32-35-17-4-6-20-38(35)39-21-7-8-22-41(39)46/h3-33H,1-2H3. The summed E-state index contributed by atoms with van der Waals surface area (Å²) in [6, 6.07) is 69.3. The summed E-state index contributed by atoms with van der Waals surface area (Å²) in [6.07, 6.45) is 0. The van der Waals surface area contributed by atoms with Gasteiger partial charge in [-0.25, -0.2) is 0 Å². The van der Waals surface area contributed by atoms with Gasteiger partial charge in [-0.3, -0.25) is 0 Å². The van der Waals surface area contributed by atoms with E-state index >= 15 is 0 Å². The van der Waals surface area contributed by atoms with Gasteiger partial charge in [-0.05, 0) is 96.0 Å². The number of para-hydroxylation sites is 2. The molecular formula is C51H37N. The van der Waals surface area contributed by atoms with Crippen LogP contribution in [0.3, 0.4) is 0 Å². The Kier molecular flexibility index (Phi) is 6.91. The van der Waals surface area contributed by atoms with Gasteiger partial charge in [0.15, 0.2) is 0 Å². The number of fused-ring (bicyclic) bond motifs is 7. The van der Waals surface area contributed by atoms with Crippen molar-refractivity contribution in [3.05, 3.63) is 199 Å². The molecule has 9 aromatic rings. The lowest BCUT2D eigenvalue weighted by atomic mass is 9.82. The Morgan fingerprint density at radius 2 is 0.846 bits per heavy atom. The first-order valence-corrected chi connectivity index (χ1v) is 18.2. The molecule has 52 heavy (non-hydrogen) atoms. The van der Waals surface area contributed by atoms with E-state index in [0.29, 0.717) is 0 Å². The first-order valence-electron chi connectivity index (χ1n) is 18.2. The van der Waals surface area contributed by atoms with E-state index in [9.17, 15) is 0 Å². The summed E-state index contributed by atoms with van der Waals surface area (Å²) in [4.78, 5) is 2.51. The smallest absolute Gasteiger partial charge is 0.0540 e. The predicted molar refractivity (Wildman–Crippen MR) is 222 cm³/mol. The third kappa shape index (κ3) is 4.63. The first kappa shape index (κ1) is 30.4. The number of hydrogen-bond donors (Lipinski definition) is 0. The lowest BCUT2D eigenvalue weighted by Crippen LogP contribution is -2.17. The van der Waals surface area contributed by atoms with Crippen LogP contribution in [0.2, 0.25) is 0 Å². The minimum Gasteiger partial charge on any atom is -0.309 e. The second kappa shape index (κ2) is 11.8. The molecule has 0 N–H and O–H groups in total. The number of rotatable bonds is 5. The normalized spacial score (nSPS) is 13.0. The van der Waals surface area contributed by atoms with Gasteiger partial charge in [-0.15, -0.1) is 0 Å². The summed E-state index contributed by atoms with van der Waals surface area (Å²) in [5, 5.41) is 7.52. The van der Waals surface area contributed by atoms with E-state index < -0.39 is 0 Å². The van der Waals surface area contributed by atoms with E-state index in [1.807, 2.05) is 0 Å². The molecule has 0 atom stereocenters. The highest BCUT2D eigenvalue weighted by molar-refractivity contribution is 6.15. The Morgan fingerprint density at radius 3 is 1.62 bits per heavy atom. The maximum atomic E-state index is 2.51. The molecule has 1 heteroatoms. The molecule has 0 heterocycles. The number of hydrogen-bond acceptors (Lipinski definition) is 1. The van der Waals surface area contributed by atoms with Gasteiger partial charge >= 0.3 is 0 Å². The van der Waals surface area contributed by atoms with Crippen molar-refractivity contribution >= 4 is 49.4 Å². The van der Waals surface area contributed by atoms with Crippen molar-refractivity contribution in [2.45, 2.75) is 19.3 Å². The van der Waals surface area contributed by atoms with Gasteiger partial charge in [0.05, 0.1) is 11.4 Å². The van der Waals surface area contributed by atoms with Gasteiger partial charge in [-0.1, -0.05) is 172 Å². The van der Waals surface area contributed by atoms with E-state index in [1.54, 1.807) is 0 Å². The molecule has 0 radical (unpaired) electrons. The van der Waals surface area contributed by atoms with Gasteiger partial charge in [0.1, 0.15) is 0 Å². The molecule has 0 saturated heterocycles. The summed E-state index contributed by atoms with van der Waals surface area (Å²) >= 11 is 0. The van der Waals surface area contributed by atoms with Gasteiger partial charge in [0.25, 0.3) is 0 Å². The fourth-order valence-electron chi connectivity index (χ4n) is 8.77. The minimum absolute atomic E-state index is 0.128. The summed E-state index contributed by atoms with van der Waals surface area (Å²) < 4.78 is 0. The molecule has 0 unspecified atom stereocenters. The van der Waals surface area contributed by atoms with E-state index in [1.165, 1.54) is 76.8 Å². The van der Waals surface area contributed by atoms with Crippen molar-refractivity contribution in [3.8, 4) is 33.4 Å². The summed E-state index contributed by atoms with van der Waals surface area (Å²) in [6.45, 7) is 4.73. The van der Waals surface area contributed by atoms with Crippen LogP contribution in [-0.2, 0) is 5.41 Å². The third-order valence-electron chi connectivity index (χ3n) is 11.3. The van der Waals surface area contributed by atoms with Crippen molar-refractivity contribution in [2.75, 3.05) is 4.90 Å². The molecule has 0 amide bonds. The van der Waals surface area contributed by atoms with Crippen molar-refractivity contribution in [2.24, 2.45) is 0 Å². The Labute approximate surface area is 305 Å². The van der Waals surface area contributed by atoms with Crippen molar-refractivity contribution in [1.29, 1.82) is 0 Å². The number of benzene rings is 9. The molecule has 1 aliphatic carbocycles. The van der Waals surface area contributed by atoms with Crippen LogP contribution in [-0.4, -0.2) is 0 Å². The molecule has 1 nitrogen and oxygen atoms in total. The zero-order valence-electron chi connectivity index (χ0n) is 29.3. The zero-order valence-corrected chi connectivity index (χ0v) is 29.3. The summed E-state index contributed by atoms with van der Waals surface area (Å²) in [5.74, 6) is 0. The second-order valence-electron chi connectivity index (χ2n) is 14.5. The number of nitrogens with zero attached hydrogens (tertiary/aromatic N) is 1. The molecule has 0 fully saturated rings. The van der Waals surface area contributed by atoms with Crippen LogP contribution in [0.1, 0.15) is 25.0 Å². The third-order valence-corrected chi connectivity index (χ3v) is 11.3. The fourth-order valence-corrected chi connectivity index (χ4v) is 8.77. The Bertz CT molecular complexity index is 2830.